The lowest BCUT2D eigenvalue weighted by Gasteiger charge is -2.31. The van der Waals surface area contributed by atoms with Gasteiger partial charge in [-0.05, 0) is 31.0 Å². The Labute approximate surface area is 127 Å². The highest BCUT2D eigenvalue weighted by atomic mass is 16.1. The van der Waals surface area contributed by atoms with Gasteiger partial charge in [0.15, 0.2) is 5.78 Å². The van der Waals surface area contributed by atoms with E-state index in [0.29, 0.717) is 12.3 Å². The molecular formula is C19H23NO. The van der Waals surface area contributed by atoms with Crippen LogP contribution in [0.3, 0.4) is 0 Å². The topological polar surface area (TPSA) is 29.1 Å². The molecule has 1 saturated heterocycles. The van der Waals surface area contributed by atoms with Crippen molar-refractivity contribution in [3.05, 3.63) is 72.4 Å². The number of piperidine rings is 1. The van der Waals surface area contributed by atoms with E-state index in [4.69, 9.17) is 0 Å². The summed E-state index contributed by atoms with van der Waals surface area (Å²) in [5.74, 6) is 0.484. The summed E-state index contributed by atoms with van der Waals surface area (Å²) in [6.07, 6.45) is 8.78. The molecule has 0 saturated carbocycles. The van der Waals surface area contributed by atoms with E-state index in [2.05, 4.69) is 36.2 Å². The van der Waals surface area contributed by atoms with Crippen LogP contribution in [-0.2, 0) is 4.79 Å². The lowest BCUT2D eigenvalue weighted by Crippen LogP contribution is -2.40. The fraction of sp³-hybridized carbons (Fsp3) is 0.316. The first kappa shape index (κ1) is 15.5. The minimum absolute atomic E-state index is 0.0503. The first-order chi connectivity index (χ1) is 10.3. The normalized spacial score (nSPS) is 21.5. The van der Waals surface area contributed by atoms with Crippen LogP contribution in [0.15, 0.2) is 66.8 Å². The maximum absolute atomic E-state index is 12.4. The minimum Gasteiger partial charge on any atom is -0.310 e. The van der Waals surface area contributed by atoms with Gasteiger partial charge >= 0.3 is 0 Å². The number of hydrogen-bond donors (Lipinski definition) is 1. The first-order valence-electron chi connectivity index (χ1n) is 7.51. The third-order valence-electron chi connectivity index (χ3n) is 4.02. The maximum Gasteiger partial charge on any atom is 0.150 e. The summed E-state index contributed by atoms with van der Waals surface area (Å²) in [5, 5.41) is 3.17. The Bertz CT molecular complexity index is 542. The van der Waals surface area contributed by atoms with Crippen LogP contribution in [0.1, 0.15) is 24.8 Å². The molecule has 1 aliphatic heterocycles. The van der Waals surface area contributed by atoms with Crippen molar-refractivity contribution >= 4 is 5.78 Å². The lowest BCUT2D eigenvalue weighted by atomic mass is 9.75. The van der Waals surface area contributed by atoms with E-state index in [1.54, 1.807) is 6.08 Å². The van der Waals surface area contributed by atoms with Crippen LogP contribution in [0, 0.1) is 5.92 Å². The van der Waals surface area contributed by atoms with Crippen LogP contribution < -0.4 is 5.32 Å². The molecule has 1 fully saturated rings. The molecule has 2 heteroatoms. The van der Waals surface area contributed by atoms with E-state index < -0.39 is 0 Å². The molecule has 0 spiro atoms. The van der Waals surface area contributed by atoms with Gasteiger partial charge in [0.1, 0.15) is 0 Å². The maximum atomic E-state index is 12.4. The van der Waals surface area contributed by atoms with Crippen molar-refractivity contribution in [3.63, 3.8) is 0 Å². The third-order valence-corrected chi connectivity index (χ3v) is 4.02. The zero-order valence-electron chi connectivity index (χ0n) is 12.6. The monoisotopic (exact) mass is 281 g/mol. The van der Waals surface area contributed by atoms with Crippen molar-refractivity contribution < 1.29 is 4.79 Å². The molecule has 2 unspecified atom stereocenters. The van der Waals surface area contributed by atoms with Crippen LogP contribution >= 0.6 is 0 Å². The molecule has 110 valence electrons. The number of ketones is 1. The van der Waals surface area contributed by atoms with Gasteiger partial charge in [-0.2, -0.15) is 0 Å². The molecule has 1 aliphatic rings. The molecule has 1 aromatic carbocycles. The summed E-state index contributed by atoms with van der Waals surface area (Å²) in [7, 11) is 0. The van der Waals surface area contributed by atoms with Crippen molar-refractivity contribution in [2.75, 3.05) is 13.1 Å². The van der Waals surface area contributed by atoms with E-state index in [1.165, 1.54) is 11.1 Å². The Balaban J connectivity index is 2.41. The van der Waals surface area contributed by atoms with Crippen molar-refractivity contribution in [3.8, 4) is 0 Å². The Morgan fingerprint density at radius 2 is 2.14 bits per heavy atom. The largest absolute Gasteiger partial charge is 0.310 e. The van der Waals surface area contributed by atoms with Crippen molar-refractivity contribution in [2.45, 2.75) is 19.3 Å². The van der Waals surface area contributed by atoms with Gasteiger partial charge in [-0.3, -0.25) is 4.79 Å². The molecule has 1 N–H and O–H groups in total. The first-order valence-corrected chi connectivity index (χ1v) is 7.51. The van der Waals surface area contributed by atoms with E-state index >= 15 is 0 Å². The van der Waals surface area contributed by atoms with Crippen LogP contribution in [0.25, 0.3) is 0 Å². The summed E-state index contributed by atoms with van der Waals surface area (Å²) in [6, 6.07) is 10.3. The second-order valence-electron chi connectivity index (χ2n) is 5.31. The highest BCUT2D eigenvalue weighted by Crippen LogP contribution is 2.36. The molecule has 0 amide bonds. The van der Waals surface area contributed by atoms with Crippen LogP contribution in [0.2, 0.25) is 0 Å². The smallest absolute Gasteiger partial charge is 0.150 e. The molecular weight excluding hydrogens is 258 g/mol. The molecule has 0 aliphatic carbocycles. The van der Waals surface area contributed by atoms with Crippen molar-refractivity contribution in [1.82, 2.24) is 5.32 Å². The van der Waals surface area contributed by atoms with Gasteiger partial charge in [0.2, 0.25) is 0 Å². The van der Waals surface area contributed by atoms with E-state index in [-0.39, 0.29) is 11.8 Å². The van der Waals surface area contributed by atoms with Gasteiger partial charge < -0.3 is 5.32 Å². The second-order valence-corrected chi connectivity index (χ2v) is 5.31. The minimum atomic E-state index is 0.0503. The number of hydrogen-bond acceptors (Lipinski definition) is 2. The number of nitrogens with one attached hydrogen (secondary N) is 1. The second kappa shape index (κ2) is 7.75. The summed E-state index contributed by atoms with van der Waals surface area (Å²) >= 11 is 0. The quantitative estimate of drug-likeness (QED) is 0.835. The number of allylic oxidation sites excluding steroid dienone is 5. The predicted octanol–water partition coefficient (Wildman–Crippen LogP) is 3.64. The van der Waals surface area contributed by atoms with Gasteiger partial charge in [-0.15, -0.1) is 0 Å². The van der Waals surface area contributed by atoms with Gasteiger partial charge in [0.05, 0.1) is 6.54 Å². The van der Waals surface area contributed by atoms with Gasteiger partial charge in [-0.25, -0.2) is 0 Å². The zero-order valence-corrected chi connectivity index (χ0v) is 12.6. The number of carbonyl (C=O) groups is 1. The third kappa shape index (κ3) is 3.79. The predicted molar refractivity (Wildman–Crippen MR) is 88.3 cm³/mol. The number of rotatable bonds is 5. The molecule has 1 heterocycles. The van der Waals surface area contributed by atoms with E-state index in [1.807, 2.05) is 31.2 Å². The average molecular weight is 281 g/mol. The van der Waals surface area contributed by atoms with E-state index in [0.717, 1.165) is 13.0 Å². The van der Waals surface area contributed by atoms with Crippen molar-refractivity contribution in [1.29, 1.82) is 0 Å². The molecule has 0 radical (unpaired) electrons. The molecule has 0 aromatic heterocycles. The summed E-state index contributed by atoms with van der Waals surface area (Å²) < 4.78 is 0. The van der Waals surface area contributed by atoms with Crippen LogP contribution in [0.4, 0.5) is 0 Å². The van der Waals surface area contributed by atoms with E-state index in [9.17, 15) is 4.79 Å². The summed E-state index contributed by atoms with van der Waals surface area (Å²) in [4.78, 5) is 12.4. The fourth-order valence-corrected chi connectivity index (χ4v) is 2.99. The van der Waals surface area contributed by atoms with Gasteiger partial charge in [0, 0.05) is 11.8 Å². The average Bonchev–Trinajstić information content (AvgIpc) is 2.53. The number of benzene rings is 1. The Morgan fingerprint density at radius 1 is 1.38 bits per heavy atom. The summed E-state index contributed by atoms with van der Waals surface area (Å²) in [6.45, 7) is 7.15. The lowest BCUT2D eigenvalue weighted by molar-refractivity contribution is -0.123. The SMILES string of the molecule is C=C/C=C\C(=C/C)C(c1ccccc1)C1CCNCC1=O. The number of carbonyl (C=O) groups excluding carboxylic acids is 1. The standard InChI is InChI=1S/C19H23NO/c1-3-5-9-15(4-2)19(16-10-7-6-8-11-16)17-12-13-20-14-18(17)21/h3-11,17,19-20H,1,12-14H2,2H3/b9-5-,15-4+. The molecule has 2 atom stereocenters. The Morgan fingerprint density at radius 3 is 2.76 bits per heavy atom. The van der Waals surface area contributed by atoms with Gasteiger partial charge in [-0.1, -0.05) is 61.2 Å². The fourth-order valence-electron chi connectivity index (χ4n) is 2.99. The highest BCUT2D eigenvalue weighted by Gasteiger charge is 2.32. The summed E-state index contributed by atoms with van der Waals surface area (Å²) in [5.41, 5.74) is 2.39. The van der Waals surface area contributed by atoms with Crippen LogP contribution in [0.5, 0.6) is 0 Å². The Hall–Kier alpha value is -1.93. The molecule has 2 nitrogen and oxygen atoms in total. The van der Waals surface area contributed by atoms with Crippen LogP contribution in [-0.4, -0.2) is 18.9 Å². The van der Waals surface area contributed by atoms with Gasteiger partial charge in [0.25, 0.3) is 0 Å². The van der Waals surface area contributed by atoms with Crippen molar-refractivity contribution in [2.24, 2.45) is 5.92 Å². The molecule has 2 rings (SSSR count). The number of Topliss-reactive ketones (excluding diaryl/α,β-unsaturated/α-hetero) is 1. The Kier molecular flexibility index (Phi) is 5.70. The molecule has 21 heavy (non-hydrogen) atoms. The molecule has 0 bridgehead atoms. The molecule has 1 aromatic rings. The zero-order chi connectivity index (χ0) is 15.1. The highest BCUT2D eigenvalue weighted by molar-refractivity contribution is 5.85.